The Bertz CT molecular complexity index is 278. The fourth-order valence-electron chi connectivity index (χ4n) is 2.51. The molecule has 0 heterocycles. The van der Waals surface area contributed by atoms with Gasteiger partial charge in [-0.2, -0.15) is 0 Å². The average Bonchev–Trinajstić information content (AvgIpc) is 2.13. The van der Waals surface area contributed by atoms with Crippen molar-refractivity contribution in [3.8, 4) is 0 Å². The maximum atomic E-state index is 12.0. The van der Waals surface area contributed by atoms with Gasteiger partial charge < -0.3 is 11.1 Å². The van der Waals surface area contributed by atoms with Gasteiger partial charge in [0.05, 0.1) is 6.04 Å². The highest BCUT2D eigenvalue weighted by atomic mass is 16.2. The van der Waals surface area contributed by atoms with E-state index in [9.17, 15) is 4.79 Å². The van der Waals surface area contributed by atoms with E-state index in [1.807, 2.05) is 20.8 Å². The Kier molecular flexibility index (Phi) is 4.23. The van der Waals surface area contributed by atoms with Crippen molar-refractivity contribution in [1.82, 2.24) is 5.32 Å². The first kappa shape index (κ1) is 14.5. The summed E-state index contributed by atoms with van der Waals surface area (Å²) < 4.78 is 0. The first-order chi connectivity index (χ1) is 7.62. The number of hydrogen-bond acceptors (Lipinski definition) is 2. The van der Waals surface area contributed by atoms with Crippen molar-refractivity contribution < 1.29 is 4.79 Å². The van der Waals surface area contributed by atoms with E-state index in [-0.39, 0.29) is 11.3 Å². The molecule has 0 saturated heterocycles. The largest absolute Gasteiger partial charge is 0.352 e. The monoisotopic (exact) mass is 240 g/mol. The molecule has 0 spiro atoms. The van der Waals surface area contributed by atoms with Crippen molar-refractivity contribution in [2.75, 3.05) is 0 Å². The van der Waals surface area contributed by atoms with Gasteiger partial charge in [-0.3, -0.25) is 4.79 Å². The lowest BCUT2D eigenvalue weighted by Gasteiger charge is -2.37. The number of hydrogen-bond donors (Lipinski definition) is 2. The first-order valence-corrected chi connectivity index (χ1v) is 6.68. The molecule has 1 rings (SSSR count). The van der Waals surface area contributed by atoms with Crippen molar-refractivity contribution in [2.24, 2.45) is 16.6 Å². The topological polar surface area (TPSA) is 55.1 Å². The van der Waals surface area contributed by atoms with Crippen LogP contribution in [0.4, 0.5) is 0 Å². The van der Waals surface area contributed by atoms with Crippen LogP contribution in [0, 0.1) is 10.8 Å². The molecule has 2 atom stereocenters. The van der Waals surface area contributed by atoms with Gasteiger partial charge in [-0.1, -0.05) is 41.0 Å². The maximum absolute atomic E-state index is 12.0. The fraction of sp³-hybridized carbons (Fsp3) is 0.929. The van der Waals surface area contributed by atoms with Crippen molar-refractivity contribution in [1.29, 1.82) is 0 Å². The molecule has 1 fully saturated rings. The molecule has 17 heavy (non-hydrogen) atoms. The van der Waals surface area contributed by atoms with Crippen LogP contribution in [0.25, 0.3) is 0 Å². The molecule has 0 aromatic heterocycles. The minimum Gasteiger partial charge on any atom is -0.352 e. The zero-order chi connectivity index (χ0) is 13.3. The Labute approximate surface area is 106 Å². The van der Waals surface area contributed by atoms with Crippen LogP contribution >= 0.6 is 0 Å². The second-order valence-corrected chi connectivity index (χ2v) is 7.31. The van der Waals surface area contributed by atoms with Crippen molar-refractivity contribution in [2.45, 2.75) is 72.4 Å². The average molecular weight is 240 g/mol. The van der Waals surface area contributed by atoms with Crippen LogP contribution in [-0.2, 0) is 4.79 Å². The molecular formula is C14H28N2O. The molecule has 1 unspecified atom stereocenters. The summed E-state index contributed by atoms with van der Waals surface area (Å²) in [6.07, 6.45) is 4.61. The number of nitrogens with two attached hydrogens (primary N) is 1. The van der Waals surface area contributed by atoms with Crippen LogP contribution in [0.5, 0.6) is 0 Å². The van der Waals surface area contributed by atoms with Gasteiger partial charge >= 0.3 is 0 Å². The SMILES string of the molecule is CC1(C)CCCC(NC(=O)[C@@H](N)C(C)(C)C)C1. The molecule has 1 saturated carbocycles. The van der Waals surface area contributed by atoms with Gasteiger partial charge in [0.15, 0.2) is 0 Å². The molecule has 3 nitrogen and oxygen atoms in total. The van der Waals surface area contributed by atoms with Crippen LogP contribution in [0.3, 0.4) is 0 Å². The summed E-state index contributed by atoms with van der Waals surface area (Å²) >= 11 is 0. The smallest absolute Gasteiger partial charge is 0.237 e. The molecule has 0 bridgehead atoms. The van der Waals surface area contributed by atoms with Crippen LogP contribution in [0.15, 0.2) is 0 Å². The first-order valence-electron chi connectivity index (χ1n) is 6.68. The molecule has 3 N–H and O–H groups in total. The van der Waals surface area contributed by atoms with E-state index in [1.165, 1.54) is 12.8 Å². The Balaban J connectivity index is 2.52. The molecule has 0 radical (unpaired) electrons. The van der Waals surface area contributed by atoms with Crippen molar-refractivity contribution in [3.05, 3.63) is 0 Å². The van der Waals surface area contributed by atoms with Gasteiger partial charge in [0.25, 0.3) is 0 Å². The third-order valence-electron chi connectivity index (χ3n) is 3.77. The van der Waals surface area contributed by atoms with Gasteiger partial charge in [-0.15, -0.1) is 0 Å². The highest BCUT2D eigenvalue weighted by Gasteiger charge is 2.32. The van der Waals surface area contributed by atoms with Gasteiger partial charge in [0.1, 0.15) is 0 Å². The predicted octanol–water partition coefficient (Wildman–Crippen LogP) is 2.44. The fourth-order valence-corrected chi connectivity index (χ4v) is 2.51. The van der Waals surface area contributed by atoms with E-state index in [1.54, 1.807) is 0 Å². The van der Waals surface area contributed by atoms with E-state index in [2.05, 4.69) is 19.2 Å². The summed E-state index contributed by atoms with van der Waals surface area (Å²) in [5.74, 6) is 0.000185. The summed E-state index contributed by atoms with van der Waals surface area (Å²) in [6.45, 7) is 10.6. The zero-order valence-corrected chi connectivity index (χ0v) is 12.0. The number of carbonyl (C=O) groups is 1. The summed E-state index contributed by atoms with van der Waals surface area (Å²) in [7, 11) is 0. The highest BCUT2D eigenvalue weighted by Crippen LogP contribution is 2.35. The lowest BCUT2D eigenvalue weighted by atomic mass is 9.75. The van der Waals surface area contributed by atoms with E-state index >= 15 is 0 Å². The van der Waals surface area contributed by atoms with Gasteiger partial charge in [0.2, 0.25) is 5.91 Å². The standard InChI is InChI=1S/C14H28N2O/c1-13(2,3)11(15)12(17)16-10-7-6-8-14(4,5)9-10/h10-11H,6-9,15H2,1-5H3,(H,16,17)/t10?,11-/m1/s1. The zero-order valence-electron chi connectivity index (χ0n) is 12.0. The quantitative estimate of drug-likeness (QED) is 0.779. The molecule has 3 heteroatoms. The minimum atomic E-state index is -0.424. The number of rotatable bonds is 2. The normalized spacial score (nSPS) is 26.4. The minimum absolute atomic E-state index is 0.000185. The molecule has 100 valence electrons. The van der Waals surface area contributed by atoms with E-state index < -0.39 is 6.04 Å². The van der Waals surface area contributed by atoms with Gasteiger partial charge in [-0.05, 0) is 30.1 Å². The van der Waals surface area contributed by atoms with Crippen molar-refractivity contribution >= 4 is 5.91 Å². The van der Waals surface area contributed by atoms with Crippen LogP contribution in [0.2, 0.25) is 0 Å². The van der Waals surface area contributed by atoms with Crippen LogP contribution in [0.1, 0.15) is 60.3 Å². The molecule has 0 aliphatic heterocycles. The second kappa shape index (κ2) is 4.97. The van der Waals surface area contributed by atoms with Crippen LogP contribution in [-0.4, -0.2) is 18.0 Å². The maximum Gasteiger partial charge on any atom is 0.237 e. The third-order valence-corrected chi connectivity index (χ3v) is 3.77. The van der Waals surface area contributed by atoms with Crippen molar-refractivity contribution in [3.63, 3.8) is 0 Å². The Morgan fingerprint density at radius 2 is 2.00 bits per heavy atom. The summed E-state index contributed by atoms with van der Waals surface area (Å²) in [5.41, 5.74) is 6.14. The van der Waals surface area contributed by atoms with E-state index in [0.29, 0.717) is 11.5 Å². The second-order valence-electron chi connectivity index (χ2n) is 7.31. The van der Waals surface area contributed by atoms with E-state index in [4.69, 9.17) is 5.73 Å². The Morgan fingerprint density at radius 3 is 2.47 bits per heavy atom. The van der Waals surface area contributed by atoms with Gasteiger partial charge in [0, 0.05) is 6.04 Å². The number of amides is 1. The molecule has 1 aliphatic carbocycles. The summed E-state index contributed by atoms with van der Waals surface area (Å²) in [4.78, 5) is 12.0. The Morgan fingerprint density at radius 1 is 1.41 bits per heavy atom. The van der Waals surface area contributed by atoms with Crippen LogP contribution < -0.4 is 11.1 Å². The molecule has 0 aromatic rings. The Hall–Kier alpha value is -0.570. The highest BCUT2D eigenvalue weighted by molar-refractivity contribution is 5.82. The molecule has 1 aliphatic rings. The summed E-state index contributed by atoms with van der Waals surface area (Å²) in [5, 5.41) is 3.12. The molecule has 1 amide bonds. The van der Waals surface area contributed by atoms with Gasteiger partial charge in [-0.25, -0.2) is 0 Å². The lowest BCUT2D eigenvalue weighted by Crippen LogP contribution is -2.52. The predicted molar refractivity (Wildman–Crippen MR) is 71.6 cm³/mol. The molecule has 0 aromatic carbocycles. The number of nitrogens with one attached hydrogen (secondary N) is 1. The van der Waals surface area contributed by atoms with E-state index in [0.717, 1.165) is 12.8 Å². The summed E-state index contributed by atoms with van der Waals surface area (Å²) in [6, 6.07) is -0.118. The molecular weight excluding hydrogens is 212 g/mol. The lowest BCUT2D eigenvalue weighted by molar-refractivity contribution is -0.125. The third kappa shape index (κ3) is 4.30. The number of carbonyl (C=O) groups excluding carboxylic acids is 1.